The first kappa shape index (κ1) is 13.2. The maximum Gasteiger partial charge on any atom is 0.133 e. The Labute approximate surface area is 121 Å². The van der Waals surface area contributed by atoms with E-state index in [1.54, 1.807) is 25.0 Å². The third kappa shape index (κ3) is 2.12. The van der Waals surface area contributed by atoms with Gasteiger partial charge in [0.2, 0.25) is 0 Å². The number of benzene rings is 1. The van der Waals surface area contributed by atoms with Gasteiger partial charge in [0.15, 0.2) is 0 Å². The highest BCUT2D eigenvalue weighted by Gasteiger charge is 2.21. The van der Waals surface area contributed by atoms with E-state index in [1.807, 2.05) is 25.1 Å². The van der Waals surface area contributed by atoms with Gasteiger partial charge < -0.3 is 10.5 Å². The van der Waals surface area contributed by atoms with Crippen LogP contribution >= 0.6 is 0 Å². The average Bonchev–Trinajstić information content (AvgIpc) is 3.08. The molecule has 0 amide bonds. The number of ether oxygens (including phenoxy) is 1. The molecule has 1 aromatic carbocycles. The summed E-state index contributed by atoms with van der Waals surface area (Å²) in [5, 5.41) is 15.0. The molecule has 2 heterocycles. The Hall–Kier alpha value is -2.83. The number of rotatable bonds is 3. The van der Waals surface area contributed by atoms with Crippen LogP contribution in [0.5, 0.6) is 5.75 Å². The first-order valence-corrected chi connectivity index (χ1v) is 6.45. The predicted molar refractivity (Wildman–Crippen MR) is 79.7 cm³/mol. The molecule has 3 rings (SSSR count). The molecular formula is C14H16N6O. The van der Waals surface area contributed by atoms with Crippen molar-refractivity contribution in [3.8, 4) is 28.3 Å². The molecule has 21 heavy (non-hydrogen) atoms. The number of nitrogen functional groups attached to an aromatic ring is 1. The molecule has 0 fully saturated rings. The Balaban J connectivity index is 2.30. The molecule has 0 radical (unpaired) electrons. The van der Waals surface area contributed by atoms with Crippen molar-refractivity contribution >= 4 is 5.82 Å². The number of hydrogen-bond donors (Lipinski definition) is 2. The summed E-state index contributed by atoms with van der Waals surface area (Å²) in [5.74, 6) is 1.29. The molecule has 0 unspecified atom stereocenters. The number of H-pyrrole nitrogens is 1. The third-order valence-electron chi connectivity index (χ3n) is 3.37. The van der Waals surface area contributed by atoms with E-state index in [0.29, 0.717) is 17.2 Å². The fraction of sp³-hybridized carbons (Fsp3) is 0.214. The van der Waals surface area contributed by atoms with Gasteiger partial charge in [-0.15, -0.1) is 0 Å². The van der Waals surface area contributed by atoms with E-state index >= 15 is 0 Å². The Morgan fingerprint density at radius 3 is 2.81 bits per heavy atom. The van der Waals surface area contributed by atoms with Gasteiger partial charge in [0.1, 0.15) is 23.0 Å². The van der Waals surface area contributed by atoms with Crippen LogP contribution in [0.4, 0.5) is 5.82 Å². The predicted octanol–water partition coefficient (Wildman–Crippen LogP) is 1.77. The van der Waals surface area contributed by atoms with E-state index in [9.17, 15) is 0 Å². The smallest absolute Gasteiger partial charge is 0.133 e. The number of aryl methyl sites for hydroxylation is 2. The molecule has 3 aromatic rings. The lowest BCUT2D eigenvalue weighted by atomic mass is 10.0. The van der Waals surface area contributed by atoms with E-state index in [2.05, 4.69) is 20.5 Å². The maximum absolute atomic E-state index is 6.20. The summed E-state index contributed by atoms with van der Waals surface area (Å²) in [6.45, 7) is 2.02. The van der Waals surface area contributed by atoms with Crippen molar-refractivity contribution in [3.63, 3.8) is 0 Å². The second-order valence-electron chi connectivity index (χ2n) is 4.79. The molecular weight excluding hydrogens is 268 g/mol. The van der Waals surface area contributed by atoms with Crippen molar-refractivity contribution in [2.75, 3.05) is 12.8 Å². The zero-order valence-corrected chi connectivity index (χ0v) is 12.1. The zero-order chi connectivity index (χ0) is 15.0. The molecule has 0 saturated heterocycles. The van der Waals surface area contributed by atoms with Crippen LogP contribution in [-0.2, 0) is 7.05 Å². The number of nitrogens with one attached hydrogen (secondary N) is 1. The molecule has 0 bridgehead atoms. The van der Waals surface area contributed by atoms with Gasteiger partial charge in [-0.25, -0.2) is 0 Å². The molecule has 108 valence electrons. The van der Waals surface area contributed by atoms with Crippen LogP contribution in [0.15, 0.2) is 24.4 Å². The maximum atomic E-state index is 6.20. The summed E-state index contributed by atoms with van der Waals surface area (Å²) >= 11 is 0. The van der Waals surface area contributed by atoms with Gasteiger partial charge in [-0.05, 0) is 19.1 Å². The van der Waals surface area contributed by atoms with Crippen LogP contribution in [0.1, 0.15) is 5.56 Å². The zero-order valence-electron chi connectivity index (χ0n) is 12.1. The standard InChI is InChI=1S/C14H16N6O/c1-8-4-5-11(21-3)9(6-8)12-13(10-7-16-19-17-10)18-20(2)14(12)15/h4-7H,15H2,1-3H3,(H,16,17,19). The van der Waals surface area contributed by atoms with Crippen LogP contribution in [0.3, 0.4) is 0 Å². The minimum atomic E-state index is 0.553. The van der Waals surface area contributed by atoms with E-state index < -0.39 is 0 Å². The third-order valence-corrected chi connectivity index (χ3v) is 3.37. The number of nitrogens with zero attached hydrogens (tertiary/aromatic N) is 4. The number of nitrogens with two attached hydrogens (primary N) is 1. The van der Waals surface area contributed by atoms with Gasteiger partial charge >= 0.3 is 0 Å². The molecule has 2 aromatic heterocycles. The van der Waals surface area contributed by atoms with Crippen LogP contribution < -0.4 is 10.5 Å². The van der Waals surface area contributed by atoms with Crippen molar-refractivity contribution < 1.29 is 4.74 Å². The number of anilines is 1. The minimum absolute atomic E-state index is 0.553. The van der Waals surface area contributed by atoms with Gasteiger partial charge in [0.25, 0.3) is 0 Å². The monoisotopic (exact) mass is 284 g/mol. The van der Waals surface area contributed by atoms with Crippen LogP contribution in [0.2, 0.25) is 0 Å². The Morgan fingerprint density at radius 2 is 2.14 bits per heavy atom. The molecule has 7 nitrogen and oxygen atoms in total. The summed E-state index contributed by atoms with van der Waals surface area (Å²) in [6.07, 6.45) is 1.62. The van der Waals surface area contributed by atoms with E-state index in [-0.39, 0.29) is 0 Å². The Kier molecular flexibility index (Phi) is 3.09. The van der Waals surface area contributed by atoms with E-state index in [4.69, 9.17) is 10.5 Å². The first-order valence-electron chi connectivity index (χ1n) is 6.45. The Morgan fingerprint density at radius 1 is 1.33 bits per heavy atom. The first-order chi connectivity index (χ1) is 10.1. The van der Waals surface area contributed by atoms with Crippen LogP contribution in [0, 0.1) is 6.92 Å². The molecule has 7 heteroatoms. The number of aromatic nitrogens is 5. The highest BCUT2D eigenvalue weighted by Crippen LogP contribution is 2.40. The normalized spacial score (nSPS) is 10.8. The Bertz CT molecular complexity index is 775. The SMILES string of the molecule is COc1ccc(C)cc1-c1c(-c2cn[nH]n2)nn(C)c1N. The molecule has 0 atom stereocenters. The highest BCUT2D eigenvalue weighted by molar-refractivity contribution is 5.89. The van der Waals surface area contributed by atoms with E-state index in [0.717, 1.165) is 22.4 Å². The summed E-state index contributed by atoms with van der Waals surface area (Å²) < 4.78 is 7.08. The minimum Gasteiger partial charge on any atom is -0.496 e. The second kappa shape index (κ2) is 4.93. The van der Waals surface area contributed by atoms with Gasteiger partial charge in [-0.3, -0.25) is 4.68 Å². The fourth-order valence-electron chi connectivity index (χ4n) is 2.31. The van der Waals surface area contributed by atoms with Gasteiger partial charge in [-0.1, -0.05) is 11.6 Å². The fourth-order valence-corrected chi connectivity index (χ4v) is 2.31. The van der Waals surface area contributed by atoms with Crippen molar-refractivity contribution in [2.24, 2.45) is 7.05 Å². The molecule has 0 spiro atoms. The largest absolute Gasteiger partial charge is 0.496 e. The molecule has 3 N–H and O–H groups in total. The highest BCUT2D eigenvalue weighted by atomic mass is 16.5. The quantitative estimate of drug-likeness (QED) is 0.764. The van der Waals surface area contributed by atoms with Crippen molar-refractivity contribution in [1.29, 1.82) is 0 Å². The molecule has 0 aliphatic carbocycles. The lowest BCUT2D eigenvalue weighted by Crippen LogP contribution is -1.98. The summed E-state index contributed by atoms with van der Waals surface area (Å²) in [7, 11) is 3.43. The topological polar surface area (TPSA) is 94.6 Å². The van der Waals surface area contributed by atoms with Gasteiger partial charge in [0.05, 0.1) is 18.9 Å². The van der Waals surface area contributed by atoms with Crippen molar-refractivity contribution in [2.45, 2.75) is 6.92 Å². The van der Waals surface area contributed by atoms with E-state index in [1.165, 1.54) is 0 Å². The number of hydrogen-bond acceptors (Lipinski definition) is 5. The lowest BCUT2D eigenvalue weighted by molar-refractivity contribution is 0.416. The van der Waals surface area contributed by atoms with Crippen LogP contribution in [-0.4, -0.2) is 32.3 Å². The summed E-state index contributed by atoms with van der Waals surface area (Å²) in [5.41, 5.74) is 10.3. The second-order valence-corrected chi connectivity index (χ2v) is 4.79. The average molecular weight is 284 g/mol. The van der Waals surface area contributed by atoms with Gasteiger partial charge in [-0.2, -0.15) is 20.5 Å². The van der Waals surface area contributed by atoms with Gasteiger partial charge in [0, 0.05) is 12.6 Å². The lowest BCUT2D eigenvalue weighted by Gasteiger charge is -2.10. The van der Waals surface area contributed by atoms with Crippen LogP contribution in [0.25, 0.3) is 22.5 Å². The number of aromatic amines is 1. The molecule has 0 aliphatic heterocycles. The number of methoxy groups -OCH3 is 1. The van der Waals surface area contributed by atoms with Crippen molar-refractivity contribution in [3.05, 3.63) is 30.0 Å². The molecule has 0 saturated carbocycles. The van der Waals surface area contributed by atoms with Crippen molar-refractivity contribution in [1.82, 2.24) is 25.2 Å². The summed E-state index contributed by atoms with van der Waals surface area (Å²) in [6, 6.07) is 5.93. The molecule has 0 aliphatic rings. The summed E-state index contributed by atoms with van der Waals surface area (Å²) in [4.78, 5) is 0.